The zero-order chi connectivity index (χ0) is 15.7. The Hall–Kier alpha value is -2.22. The van der Waals surface area contributed by atoms with Crippen LogP contribution in [0.25, 0.3) is 11.5 Å². The maximum Gasteiger partial charge on any atom is 0.325 e. The van der Waals surface area contributed by atoms with Crippen molar-refractivity contribution >= 4 is 28.8 Å². The molecular formula is C14H12FN3O3S. The molecule has 0 saturated carbocycles. The molecule has 0 N–H and O–H groups in total. The van der Waals surface area contributed by atoms with Gasteiger partial charge in [-0.2, -0.15) is 0 Å². The van der Waals surface area contributed by atoms with Gasteiger partial charge in [0.2, 0.25) is 11.8 Å². The summed E-state index contributed by atoms with van der Waals surface area (Å²) in [6.45, 7) is 1.82. The number of benzene rings is 1. The Morgan fingerprint density at radius 1 is 1.36 bits per heavy atom. The molecule has 2 aromatic rings. The standard InChI is InChI=1S/C14H12FN3O3S/c1-8(19)22-11-6-12(20)18(7-11)14-17-16-13(21-14)9-2-4-10(15)5-3-9/h2-5,11H,6-7H2,1H3. The van der Waals surface area contributed by atoms with E-state index in [9.17, 15) is 14.0 Å². The highest BCUT2D eigenvalue weighted by molar-refractivity contribution is 8.14. The number of hydrogen-bond acceptors (Lipinski definition) is 6. The van der Waals surface area contributed by atoms with Crippen molar-refractivity contribution in [2.45, 2.75) is 18.6 Å². The lowest BCUT2D eigenvalue weighted by Crippen LogP contribution is -2.25. The summed E-state index contributed by atoms with van der Waals surface area (Å²) < 4.78 is 18.4. The summed E-state index contributed by atoms with van der Waals surface area (Å²) in [5, 5.41) is 7.60. The van der Waals surface area contributed by atoms with Gasteiger partial charge in [0.05, 0.1) is 0 Å². The van der Waals surface area contributed by atoms with Crippen LogP contribution in [-0.2, 0) is 9.59 Å². The lowest BCUT2D eigenvalue weighted by molar-refractivity contribution is -0.117. The molecule has 3 rings (SSSR count). The molecule has 114 valence electrons. The van der Waals surface area contributed by atoms with Crippen molar-refractivity contribution in [1.29, 1.82) is 0 Å². The molecule has 0 spiro atoms. The maximum atomic E-state index is 12.9. The third-order valence-corrected chi connectivity index (χ3v) is 4.14. The number of nitrogens with zero attached hydrogens (tertiary/aromatic N) is 3. The number of amides is 1. The van der Waals surface area contributed by atoms with Crippen LogP contribution in [-0.4, -0.2) is 33.0 Å². The molecular weight excluding hydrogens is 309 g/mol. The van der Waals surface area contributed by atoms with Gasteiger partial charge in [-0.15, -0.1) is 5.10 Å². The van der Waals surface area contributed by atoms with Crippen LogP contribution < -0.4 is 4.90 Å². The van der Waals surface area contributed by atoms with E-state index in [2.05, 4.69) is 10.2 Å². The highest BCUT2D eigenvalue weighted by Gasteiger charge is 2.34. The molecule has 1 aliphatic heterocycles. The maximum absolute atomic E-state index is 12.9. The van der Waals surface area contributed by atoms with Crippen molar-refractivity contribution in [3.05, 3.63) is 30.1 Å². The van der Waals surface area contributed by atoms with Gasteiger partial charge < -0.3 is 4.42 Å². The summed E-state index contributed by atoms with van der Waals surface area (Å²) in [5.41, 5.74) is 0.571. The Morgan fingerprint density at radius 3 is 2.77 bits per heavy atom. The summed E-state index contributed by atoms with van der Waals surface area (Å²) in [5.74, 6) is -0.305. The number of carbonyl (C=O) groups excluding carboxylic acids is 2. The first kappa shape index (κ1) is 14.7. The Morgan fingerprint density at radius 2 is 2.09 bits per heavy atom. The molecule has 1 saturated heterocycles. The predicted octanol–water partition coefficient (Wildman–Crippen LogP) is 2.26. The molecule has 8 heteroatoms. The monoisotopic (exact) mass is 321 g/mol. The van der Waals surface area contributed by atoms with Crippen LogP contribution >= 0.6 is 11.8 Å². The van der Waals surface area contributed by atoms with E-state index in [1.807, 2.05) is 0 Å². The van der Waals surface area contributed by atoms with Crippen LogP contribution in [0.5, 0.6) is 0 Å². The second-order valence-corrected chi connectivity index (χ2v) is 6.31. The van der Waals surface area contributed by atoms with E-state index in [0.29, 0.717) is 12.1 Å². The number of carbonyl (C=O) groups is 2. The summed E-state index contributed by atoms with van der Waals surface area (Å²) in [7, 11) is 0. The van der Waals surface area contributed by atoms with Gasteiger partial charge in [-0.25, -0.2) is 4.39 Å². The third kappa shape index (κ3) is 3.01. The smallest absolute Gasteiger partial charge is 0.325 e. The van der Waals surface area contributed by atoms with Crippen LogP contribution in [0, 0.1) is 5.82 Å². The van der Waals surface area contributed by atoms with E-state index in [1.54, 1.807) is 0 Å². The number of aromatic nitrogens is 2. The quantitative estimate of drug-likeness (QED) is 0.863. The average molecular weight is 321 g/mol. The molecule has 6 nitrogen and oxygen atoms in total. The van der Waals surface area contributed by atoms with Gasteiger partial charge >= 0.3 is 6.01 Å². The Balaban J connectivity index is 1.77. The minimum absolute atomic E-state index is 0.0304. The summed E-state index contributed by atoms with van der Waals surface area (Å²) in [4.78, 5) is 24.5. The SMILES string of the molecule is CC(=O)SC1CC(=O)N(c2nnc(-c3ccc(F)cc3)o2)C1. The highest BCUT2D eigenvalue weighted by Crippen LogP contribution is 2.29. The van der Waals surface area contributed by atoms with Crippen molar-refractivity contribution in [3.8, 4) is 11.5 Å². The van der Waals surface area contributed by atoms with E-state index in [-0.39, 0.29) is 40.4 Å². The van der Waals surface area contributed by atoms with Crippen molar-refractivity contribution in [3.63, 3.8) is 0 Å². The topological polar surface area (TPSA) is 76.3 Å². The van der Waals surface area contributed by atoms with Crippen molar-refractivity contribution in [2.24, 2.45) is 0 Å². The minimum atomic E-state index is -0.359. The number of hydrogen-bond donors (Lipinski definition) is 0. The molecule has 1 aliphatic rings. The van der Waals surface area contributed by atoms with Gasteiger partial charge in [-0.05, 0) is 24.3 Å². The van der Waals surface area contributed by atoms with Crippen LogP contribution in [0.4, 0.5) is 10.4 Å². The molecule has 1 fully saturated rings. The van der Waals surface area contributed by atoms with Gasteiger partial charge in [0.1, 0.15) is 5.82 Å². The minimum Gasteiger partial charge on any atom is -0.403 e. The fourth-order valence-electron chi connectivity index (χ4n) is 2.21. The Bertz CT molecular complexity index is 716. The summed E-state index contributed by atoms with van der Waals surface area (Å²) in [6.07, 6.45) is 0.262. The summed E-state index contributed by atoms with van der Waals surface area (Å²) >= 11 is 1.14. The van der Waals surface area contributed by atoms with Crippen molar-refractivity contribution < 1.29 is 18.4 Å². The average Bonchev–Trinajstić information content (AvgIpc) is 3.06. The van der Waals surface area contributed by atoms with Gasteiger partial charge in [-0.1, -0.05) is 16.9 Å². The zero-order valence-corrected chi connectivity index (χ0v) is 12.5. The van der Waals surface area contributed by atoms with Crippen molar-refractivity contribution in [1.82, 2.24) is 10.2 Å². The molecule has 1 aromatic heterocycles. The van der Waals surface area contributed by atoms with Gasteiger partial charge in [0.25, 0.3) is 0 Å². The van der Waals surface area contributed by atoms with Gasteiger partial charge in [0, 0.05) is 30.7 Å². The van der Waals surface area contributed by atoms with Crippen LogP contribution in [0.1, 0.15) is 13.3 Å². The van der Waals surface area contributed by atoms with Gasteiger partial charge in [-0.3, -0.25) is 14.5 Å². The lowest BCUT2D eigenvalue weighted by Gasteiger charge is -2.09. The largest absolute Gasteiger partial charge is 0.403 e. The van der Waals surface area contributed by atoms with E-state index < -0.39 is 0 Å². The van der Waals surface area contributed by atoms with Crippen LogP contribution in [0.3, 0.4) is 0 Å². The van der Waals surface area contributed by atoms with Crippen LogP contribution in [0.2, 0.25) is 0 Å². The second kappa shape index (κ2) is 5.88. The number of halogens is 1. The summed E-state index contributed by atoms with van der Waals surface area (Å²) in [6, 6.07) is 5.72. The zero-order valence-electron chi connectivity index (χ0n) is 11.7. The highest BCUT2D eigenvalue weighted by atomic mass is 32.2. The molecule has 1 amide bonds. The third-order valence-electron chi connectivity index (χ3n) is 3.16. The molecule has 2 heterocycles. The fourth-order valence-corrected chi connectivity index (χ4v) is 3.13. The molecule has 1 atom stereocenters. The molecule has 0 radical (unpaired) electrons. The predicted molar refractivity (Wildman–Crippen MR) is 78.7 cm³/mol. The van der Waals surface area contributed by atoms with Crippen molar-refractivity contribution in [2.75, 3.05) is 11.4 Å². The van der Waals surface area contributed by atoms with E-state index in [4.69, 9.17) is 4.42 Å². The van der Waals surface area contributed by atoms with Crippen LogP contribution in [0.15, 0.2) is 28.7 Å². The normalized spacial score (nSPS) is 18.0. The molecule has 0 bridgehead atoms. The molecule has 1 aromatic carbocycles. The molecule has 1 unspecified atom stereocenters. The Kier molecular flexibility index (Phi) is 3.93. The van der Waals surface area contributed by atoms with E-state index in [0.717, 1.165) is 11.8 Å². The second-order valence-electron chi connectivity index (χ2n) is 4.84. The first-order valence-electron chi connectivity index (χ1n) is 6.60. The fraction of sp³-hybridized carbons (Fsp3) is 0.286. The number of thioether (sulfide) groups is 1. The molecule has 0 aliphatic carbocycles. The first-order valence-corrected chi connectivity index (χ1v) is 7.48. The Labute approximate surface area is 129 Å². The lowest BCUT2D eigenvalue weighted by atomic mass is 10.2. The van der Waals surface area contributed by atoms with E-state index in [1.165, 1.54) is 36.1 Å². The van der Waals surface area contributed by atoms with Gasteiger partial charge in [0.15, 0.2) is 5.12 Å². The number of anilines is 1. The molecule has 22 heavy (non-hydrogen) atoms. The first-order chi connectivity index (χ1) is 10.5. The number of rotatable bonds is 3. The van der Waals surface area contributed by atoms with E-state index >= 15 is 0 Å².